The first-order chi connectivity index (χ1) is 17.2. The Balaban J connectivity index is 1.62. The molecule has 0 saturated carbocycles. The summed E-state index contributed by atoms with van der Waals surface area (Å²) in [6.45, 7) is 0. The van der Waals surface area contributed by atoms with Crippen LogP contribution in [-0.4, -0.2) is 17.1 Å². The van der Waals surface area contributed by atoms with Crippen LogP contribution < -0.4 is 4.74 Å². The number of halogens is 1. The van der Waals surface area contributed by atoms with Gasteiger partial charge >= 0.3 is 0 Å². The SMILES string of the molecule is COc1ccc(-c2ncc3c([nH]c4cccc(Cc5ccccc5)c43)c2-c2ccc(Cl)cc2)cc1. The highest BCUT2D eigenvalue weighted by molar-refractivity contribution is 6.30. The van der Waals surface area contributed by atoms with E-state index < -0.39 is 0 Å². The maximum atomic E-state index is 6.23. The topological polar surface area (TPSA) is 37.9 Å². The second-order valence-corrected chi connectivity index (χ2v) is 9.07. The Hall–Kier alpha value is -4.08. The van der Waals surface area contributed by atoms with Crippen molar-refractivity contribution >= 4 is 33.4 Å². The van der Waals surface area contributed by atoms with E-state index in [2.05, 4.69) is 77.8 Å². The van der Waals surface area contributed by atoms with Gasteiger partial charge in [0, 0.05) is 38.6 Å². The van der Waals surface area contributed by atoms with Crippen molar-refractivity contribution in [3.05, 3.63) is 119 Å². The van der Waals surface area contributed by atoms with Gasteiger partial charge in [-0.15, -0.1) is 0 Å². The molecule has 4 heteroatoms. The van der Waals surface area contributed by atoms with Gasteiger partial charge in [0.15, 0.2) is 0 Å². The number of nitrogens with one attached hydrogen (secondary N) is 1. The molecular weight excluding hydrogens is 452 g/mol. The van der Waals surface area contributed by atoms with E-state index in [0.717, 1.165) is 51.0 Å². The van der Waals surface area contributed by atoms with Crippen LogP contribution in [0, 0.1) is 0 Å². The Morgan fingerprint density at radius 3 is 2.29 bits per heavy atom. The van der Waals surface area contributed by atoms with E-state index >= 15 is 0 Å². The normalized spacial score (nSPS) is 11.3. The van der Waals surface area contributed by atoms with Crippen LogP contribution in [0.15, 0.2) is 103 Å². The standard InChI is InChI=1S/C31H23ClN2O/c1-35-25-16-12-22(13-17-25)30-29(21-10-14-24(32)15-11-21)31-26(19-33-30)28-23(8-5-9-27(28)34-31)18-20-6-3-2-4-7-20/h2-17,19,34H,18H2,1H3. The van der Waals surface area contributed by atoms with Crippen LogP contribution in [-0.2, 0) is 6.42 Å². The largest absolute Gasteiger partial charge is 0.497 e. The number of rotatable bonds is 5. The molecule has 6 aromatic rings. The number of hydrogen-bond donors (Lipinski definition) is 1. The Labute approximate surface area is 209 Å². The molecule has 0 unspecified atom stereocenters. The van der Waals surface area contributed by atoms with Gasteiger partial charge < -0.3 is 9.72 Å². The van der Waals surface area contributed by atoms with Crippen molar-refractivity contribution in [3.8, 4) is 28.1 Å². The third-order valence-electron chi connectivity index (χ3n) is 6.49. The Kier molecular flexibility index (Phi) is 5.48. The molecule has 0 aliphatic rings. The molecule has 0 aliphatic carbocycles. The summed E-state index contributed by atoms with van der Waals surface area (Å²) in [6.07, 6.45) is 2.86. The molecule has 35 heavy (non-hydrogen) atoms. The maximum Gasteiger partial charge on any atom is 0.118 e. The van der Waals surface area contributed by atoms with Crippen molar-refractivity contribution in [2.24, 2.45) is 0 Å². The molecule has 3 nitrogen and oxygen atoms in total. The quantitative estimate of drug-likeness (QED) is 0.273. The Morgan fingerprint density at radius 1 is 0.800 bits per heavy atom. The molecule has 1 N–H and O–H groups in total. The highest BCUT2D eigenvalue weighted by atomic mass is 35.5. The van der Waals surface area contributed by atoms with Gasteiger partial charge in [0.1, 0.15) is 5.75 Å². The minimum absolute atomic E-state index is 0.710. The molecule has 0 fully saturated rings. The molecule has 2 aromatic heterocycles. The number of pyridine rings is 1. The molecule has 0 bridgehead atoms. The van der Waals surface area contributed by atoms with Gasteiger partial charge in [-0.3, -0.25) is 4.98 Å². The van der Waals surface area contributed by atoms with Crippen molar-refractivity contribution in [3.63, 3.8) is 0 Å². The zero-order chi connectivity index (χ0) is 23.8. The predicted octanol–water partition coefficient (Wildman–Crippen LogP) is 8.30. The van der Waals surface area contributed by atoms with Crippen molar-refractivity contribution in [2.75, 3.05) is 7.11 Å². The van der Waals surface area contributed by atoms with Crippen LogP contribution in [0.25, 0.3) is 44.2 Å². The number of benzene rings is 4. The van der Waals surface area contributed by atoms with Crippen LogP contribution in [0.4, 0.5) is 0 Å². The van der Waals surface area contributed by atoms with E-state index in [0.29, 0.717) is 5.02 Å². The molecule has 2 heterocycles. The van der Waals surface area contributed by atoms with E-state index in [9.17, 15) is 0 Å². The monoisotopic (exact) mass is 474 g/mol. The first kappa shape index (κ1) is 21.5. The molecule has 6 rings (SSSR count). The molecule has 0 aliphatic heterocycles. The van der Waals surface area contributed by atoms with E-state index in [4.69, 9.17) is 21.3 Å². The number of aromatic amines is 1. The summed E-state index contributed by atoms with van der Waals surface area (Å²) in [6, 6.07) is 33.1. The number of ether oxygens (including phenoxy) is 1. The number of aromatic nitrogens is 2. The van der Waals surface area contributed by atoms with Gasteiger partial charge in [0.05, 0.1) is 18.3 Å². The van der Waals surface area contributed by atoms with Crippen molar-refractivity contribution in [1.29, 1.82) is 0 Å². The van der Waals surface area contributed by atoms with Gasteiger partial charge in [-0.25, -0.2) is 0 Å². The van der Waals surface area contributed by atoms with Crippen molar-refractivity contribution in [2.45, 2.75) is 6.42 Å². The lowest BCUT2D eigenvalue weighted by molar-refractivity contribution is 0.415. The molecular formula is C31H23ClN2O. The van der Waals surface area contributed by atoms with Gasteiger partial charge in [-0.05, 0) is 65.6 Å². The van der Waals surface area contributed by atoms with Crippen molar-refractivity contribution < 1.29 is 4.74 Å². The average Bonchev–Trinajstić information content (AvgIpc) is 3.29. The summed E-state index contributed by atoms with van der Waals surface area (Å²) in [5.41, 5.74) is 8.82. The molecule has 0 spiro atoms. The van der Waals surface area contributed by atoms with Gasteiger partial charge in [-0.2, -0.15) is 0 Å². The fourth-order valence-corrected chi connectivity index (χ4v) is 4.94. The third-order valence-corrected chi connectivity index (χ3v) is 6.74. The van der Waals surface area contributed by atoms with Crippen LogP contribution >= 0.6 is 11.6 Å². The van der Waals surface area contributed by atoms with Gasteiger partial charge in [0.2, 0.25) is 0 Å². The number of methoxy groups -OCH3 is 1. The predicted molar refractivity (Wildman–Crippen MR) is 145 cm³/mol. The number of nitrogens with zero attached hydrogens (tertiary/aromatic N) is 1. The van der Waals surface area contributed by atoms with Crippen molar-refractivity contribution in [1.82, 2.24) is 9.97 Å². The summed E-state index contributed by atoms with van der Waals surface area (Å²) < 4.78 is 5.36. The number of H-pyrrole nitrogens is 1. The van der Waals surface area contributed by atoms with Crippen LogP contribution in [0.3, 0.4) is 0 Å². The minimum atomic E-state index is 0.710. The minimum Gasteiger partial charge on any atom is -0.497 e. The van der Waals surface area contributed by atoms with Crippen LogP contribution in [0.2, 0.25) is 5.02 Å². The van der Waals surface area contributed by atoms with Gasteiger partial charge in [0.25, 0.3) is 0 Å². The fraction of sp³-hybridized carbons (Fsp3) is 0.0645. The summed E-state index contributed by atoms with van der Waals surface area (Å²) in [5, 5.41) is 3.05. The average molecular weight is 475 g/mol. The highest BCUT2D eigenvalue weighted by Crippen LogP contribution is 2.40. The second-order valence-electron chi connectivity index (χ2n) is 8.63. The van der Waals surface area contributed by atoms with E-state index in [1.165, 1.54) is 16.5 Å². The lowest BCUT2D eigenvalue weighted by Crippen LogP contribution is -1.92. The smallest absolute Gasteiger partial charge is 0.118 e. The van der Waals surface area contributed by atoms with E-state index in [1.807, 2.05) is 30.5 Å². The summed E-state index contributed by atoms with van der Waals surface area (Å²) >= 11 is 6.23. The van der Waals surface area contributed by atoms with Gasteiger partial charge in [-0.1, -0.05) is 66.2 Å². The number of hydrogen-bond acceptors (Lipinski definition) is 2. The number of fused-ring (bicyclic) bond motifs is 3. The van der Waals surface area contributed by atoms with E-state index in [1.54, 1.807) is 7.11 Å². The molecule has 170 valence electrons. The summed E-state index contributed by atoms with van der Waals surface area (Å²) in [7, 11) is 1.68. The Bertz CT molecular complexity index is 1640. The zero-order valence-corrected chi connectivity index (χ0v) is 20.0. The van der Waals surface area contributed by atoms with E-state index in [-0.39, 0.29) is 0 Å². The van der Waals surface area contributed by atoms with Crippen LogP contribution in [0.1, 0.15) is 11.1 Å². The molecule has 0 saturated heterocycles. The molecule has 0 amide bonds. The lowest BCUT2D eigenvalue weighted by Gasteiger charge is -2.12. The first-order valence-corrected chi connectivity index (χ1v) is 12.0. The molecule has 0 radical (unpaired) electrons. The highest BCUT2D eigenvalue weighted by Gasteiger charge is 2.18. The second kappa shape index (κ2) is 8.94. The van der Waals surface area contributed by atoms with Crippen LogP contribution in [0.5, 0.6) is 5.75 Å². The summed E-state index contributed by atoms with van der Waals surface area (Å²) in [5.74, 6) is 0.819. The molecule has 0 atom stereocenters. The summed E-state index contributed by atoms with van der Waals surface area (Å²) in [4.78, 5) is 8.73. The third kappa shape index (κ3) is 3.94. The first-order valence-electron chi connectivity index (χ1n) is 11.6. The zero-order valence-electron chi connectivity index (χ0n) is 19.3. The fourth-order valence-electron chi connectivity index (χ4n) is 4.82. The molecule has 4 aromatic carbocycles. The lowest BCUT2D eigenvalue weighted by atomic mass is 9.95. The Morgan fingerprint density at radius 2 is 1.54 bits per heavy atom. The maximum absolute atomic E-state index is 6.23.